The first-order valence-electron chi connectivity index (χ1n) is 4.25. The van der Waals surface area contributed by atoms with Crippen molar-refractivity contribution in [3.8, 4) is 0 Å². The monoisotopic (exact) mass is 163 g/mol. The van der Waals surface area contributed by atoms with Crippen LogP contribution in [0.4, 0.5) is 5.69 Å². The summed E-state index contributed by atoms with van der Waals surface area (Å²) in [6.45, 7) is 1.25. The zero-order chi connectivity index (χ0) is 8.55. The number of likely N-dealkylation sites (N-methyl/N-ethyl adjacent to an activating group) is 1. The van der Waals surface area contributed by atoms with Crippen molar-refractivity contribution < 1.29 is 5.11 Å². The number of benzene rings is 1. The minimum atomic E-state index is 0.150. The number of rotatable bonds is 1. The average Bonchev–Trinajstić information content (AvgIpc) is 2.47. The summed E-state index contributed by atoms with van der Waals surface area (Å²) in [5, 5.41) is 8.92. The molecule has 0 atom stereocenters. The topological polar surface area (TPSA) is 23.5 Å². The van der Waals surface area contributed by atoms with E-state index in [4.69, 9.17) is 5.11 Å². The summed E-state index contributed by atoms with van der Waals surface area (Å²) in [6, 6.07) is 6.17. The van der Waals surface area contributed by atoms with Gasteiger partial charge in [-0.3, -0.25) is 0 Å². The molecule has 0 unspecified atom stereocenters. The number of aliphatic hydroxyl groups excluding tert-OH is 1. The average molecular weight is 163 g/mol. The van der Waals surface area contributed by atoms with Gasteiger partial charge in [-0.05, 0) is 23.6 Å². The first-order chi connectivity index (χ1) is 5.81. The van der Waals surface area contributed by atoms with Gasteiger partial charge < -0.3 is 10.0 Å². The number of anilines is 1. The first-order valence-corrected chi connectivity index (χ1v) is 4.25. The van der Waals surface area contributed by atoms with Crippen LogP contribution in [0.1, 0.15) is 11.1 Å². The van der Waals surface area contributed by atoms with Crippen LogP contribution in [0.2, 0.25) is 0 Å². The highest BCUT2D eigenvalue weighted by Gasteiger charge is 2.14. The van der Waals surface area contributed by atoms with Gasteiger partial charge in [0.05, 0.1) is 6.61 Å². The maximum Gasteiger partial charge on any atom is 0.0681 e. The van der Waals surface area contributed by atoms with Crippen molar-refractivity contribution in [2.45, 2.75) is 13.0 Å². The van der Waals surface area contributed by atoms with Crippen molar-refractivity contribution >= 4 is 5.69 Å². The number of fused-ring (bicyclic) bond motifs is 1. The summed E-state index contributed by atoms with van der Waals surface area (Å²) in [6.07, 6.45) is 1.11. The Hall–Kier alpha value is -1.02. The van der Waals surface area contributed by atoms with Crippen molar-refractivity contribution in [2.75, 3.05) is 18.5 Å². The molecule has 1 aliphatic rings. The number of aliphatic hydroxyl groups is 1. The highest BCUT2D eigenvalue weighted by atomic mass is 16.3. The molecule has 0 aliphatic carbocycles. The quantitative estimate of drug-likeness (QED) is 0.671. The summed E-state index contributed by atoms with van der Waals surface area (Å²) in [5.74, 6) is 0. The lowest BCUT2D eigenvalue weighted by molar-refractivity contribution is 0.282. The minimum Gasteiger partial charge on any atom is -0.392 e. The van der Waals surface area contributed by atoms with Gasteiger partial charge in [-0.2, -0.15) is 0 Å². The van der Waals surface area contributed by atoms with E-state index in [2.05, 4.69) is 24.1 Å². The van der Waals surface area contributed by atoms with Crippen LogP contribution in [0.15, 0.2) is 18.2 Å². The Bertz CT molecular complexity index is 296. The van der Waals surface area contributed by atoms with E-state index in [1.165, 1.54) is 11.3 Å². The van der Waals surface area contributed by atoms with Gasteiger partial charge in [0.25, 0.3) is 0 Å². The highest BCUT2D eigenvalue weighted by Crippen LogP contribution is 2.27. The van der Waals surface area contributed by atoms with Crippen molar-refractivity contribution in [1.82, 2.24) is 0 Å². The fourth-order valence-corrected chi connectivity index (χ4v) is 1.72. The zero-order valence-electron chi connectivity index (χ0n) is 7.25. The zero-order valence-corrected chi connectivity index (χ0v) is 7.25. The van der Waals surface area contributed by atoms with Crippen molar-refractivity contribution in [2.24, 2.45) is 0 Å². The third-order valence-electron chi connectivity index (χ3n) is 2.45. The van der Waals surface area contributed by atoms with E-state index < -0.39 is 0 Å². The molecule has 0 spiro atoms. The summed E-state index contributed by atoms with van der Waals surface area (Å²) in [7, 11) is 2.10. The molecule has 1 aromatic rings. The van der Waals surface area contributed by atoms with Crippen LogP contribution < -0.4 is 4.90 Å². The van der Waals surface area contributed by atoms with Gasteiger partial charge in [-0.1, -0.05) is 12.1 Å². The Balaban J connectivity index is 2.41. The minimum absolute atomic E-state index is 0.150. The standard InChI is InChI=1S/C10H13NO/c1-11-5-4-9-6-8(7-12)2-3-10(9)11/h2-3,6,12H,4-5,7H2,1H3. The van der Waals surface area contributed by atoms with Crippen LogP contribution >= 0.6 is 0 Å². The lowest BCUT2D eigenvalue weighted by Gasteiger charge is -2.11. The van der Waals surface area contributed by atoms with Crippen LogP contribution in [-0.2, 0) is 13.0 Å². The van der Waals surface area contributed by atoms with Crippen molar-refractivity contribution in [3.63, 3.8) is 0 Å². The SMILES string of the molecule is CN1CCc2cc(CO)ccc21. The molecule has 64 valence electrons. The van der Waals surface area contributed by atoms with E-state index in [-0.39, 0.29) is 6.61 Å². The Morgan fingerprint density at radius 3 is 3.08 bits per heavy atom. The molecular formula is C10H13NO. The van der Waals surface area contributed by atoms with E-state index >= 15 is 0 Å². The summed E-state index contributed by atoms with van der Waals surface area (Å²) in [5.41, 5.74) is 3.69. The second-order valence-electron chi connectivity index (χ2n) is 3.29. The molecule has 1 aromatic carbocycles. The van der Waals surface area contributed by atoms with E-state index in [0.29, 0.717) is 0 Å². The second kappa shape index (κ2) is 2.79. The lowest BCUT2D eigenvalue weighted by atomic mass is 10.1. The van der Waals surface area contributed by atoms with E-state index in [1.54, 1.807) is 0 Å². The van der Waals surface area contributed by atoms with Gasteiger partial charge in [0.2, 0.25) is 0 Å². The lowest BCUT2D eigenvalue weighted by Crippen LogP contribution is -2.12. The number of nitrogens with zero attached hydrogens (tertiary/aromatic N) is 1. The second-order valence-corrected chi connectivity index (χ2v) is 3.29. The molecule has 0 amide bonds. The molecule has 0 aromatic heterocycles. The fraction of sp³-hybridized carbons (Fsp3) is 0.400. The third kappa shape index (κ3) is 1.08. The largest absolute Gasteiger partial charge is 0.392 e. The Kier molecular flexibility index (Phi) is 1.77. The van der Waals surface area contributed by atoms with Crippen LogP contribution in [0.5, 0.6) is 0 Å². The molecule has 2 heteroatoms. The molecule has 0 fully saturated rings. The normalized spacial score (nSPS) is 15.0. The van der Waals surface area contributed by atoms with Crippen molar-refractivity contribution in [3.05, 3.63) is 29.3 Å². The molecule has 0 radical (unpaired) electrons. The molecule has 0 saturated heterocycles. The molecule has 0 saturated carbocycles. The van der Waals surface area contributed by atoms with E-state index in [1.807, 2.05) is 6.07 Å². The predicted octanol–water partition coefficient (Wildman–Crippen LogP) is 1.17. The highest BCUT2D eigenvalue weighted by molar-refractivity contribution is 5.58. The van der Waals surface area contributed by atoms with Gasteiger partial charge in [-0.25, -0.2) is 0 Å². The first kappa shape index (κ1) is 7.62. The third-order valence-corrected chi connectivity index (χ3v) is 2.45. The molecule has 12 heavy (non-hydrogen) atoms. The van der Waals surface area contributed by atoms with Crippen LogP contribution in [-0.4, -0.2) is 18.7 Å². The molecule has 0 bridgehead atoms. The maximum absolute atomic E-state index is 8.92. The molecule has 2 nitrogen and oxygen atoms in total. The van der Waals surface area contributed by atoms with Crippen LogP contribution in [0.3, 0.4) is 0 Å². The maximum atomic E-state index is 8.92. The van der Waals surface area contributed by atoms with Crippen LogP contribution in [0, 0.1) is 0 Å². The Morgan fingerprint density at radius 1 is 1.50 bits per heavy atom. The Morgan fingerprint density at radius 2 is 2.33 bits per heavy atom. The van der Waals surface area contributed by atoms with E-state index in [9.17, 15) is 0 Å². The van der Waals surface area contributed by atoms with Gasteiger partial charge >= 0.3 is 0 Å². The van der Waals surface area contributed by atoms with Gasteiger partial charge in [-0.15, -0.1) is 0 Å². The Labute approximate surface area is 72.4 Å². The molecule has 1 N–H and O–H groups in total. The summed E-state index contributed by atoms with van der Waals surface area (Å²) < 4.78 is 0. The smallest absolute Gasteiger partial charge is 0.0681 e. The molecule has 1 aliphatic heterocycles. The molecular weight excluding hydrogens is 150 g/mol. The van der Waals surface area contributed by atoms with Gasteiger partial charge in [0, 0.05) is 19.3 Å². The number of hydrogen-bond acceptors (Lipinski definition) is 2. The van der Waals surface area contributed by atoms with E-state index in [0.717, 1.165) is 18.5 Å². The summed E-state index contributed by atoms with van der Waals surface area (Å²) in [4.78, 5) is 2.25. The summed E-state index contributed by atoms with van der Waals surface area (Å²) >= 11 is 0. The van der Waals surface area contributed by atoms with Crippen LogP contribution in [0.25, 0.3) is 0 Å². The van der Waals surface area contributed by atoms with Crippen molar-refractivity contribution in [1.29, 1.82) is 0 Å². The molecule has 2 rings (SSSR count). The fourth-order valence-electron chi connectivity index (χ4n) is 1.72. The number of hydrogen-bond donors (Lipinski definition) is 1. The van der Waals surface area contributed by atoms with Gasteiger partial charge in [0.1, 0.15) is 0 Å². The molecule has 1 heterocycles. The van der Waals surface area contributed by atoms with Gasteiger partial charge in [0.15, 0.2) is 0 Å². The predicted molar refractivity (Wildman–Crippen MR) is 49.3 cm³/mol.